The monoisotopic (exact) mass is 363 g/mol. The van der Waals surface area contributed by atoms with Crippen molar-refractivity contribution < 1.29 is 4.74 Å². The maximum Gasteiger partial charge on any atom is 0.204 e. The Morgan fingerprint density at radius 1 is 1.08 bits per heavy atom. The van der Waals surface area contributed by atoms with Crippen LogP contribution >= 0.6 is 11.3 Å². The summed E-state index contributed by atoms with van der Waals surface area (Å²) in [6.45, 7) is 2.54. The quantitative estimate of drug-likeness (QED) is 0.539. The predicted molar refractivity (Wildman–Crippen MR) is 101 cm³/mol. The second kappa shape index (κ2) is 7.05. The Bertz CT molecular complexity index is 1020. The van der Waals surface area contributed by atoms with Crippen LogP contribution in [0.5, 0.6) is 5.75 Å². The zero-order valence-electron chi connectivity index (χ0n) is 14.5. The molecule has 0 bridgehead atoms. The highest BCUT2D eigenvalue weighted by Gasteiger charge is 2.10. The van der Waals surface area contributed by atoms with E-state index in [1.165, 1.54) is 5.56 Å². The number of aromatic nitrogens is 5. The lowest BCUT2D eigenvalue weighted by atomic mass is 10.1. The van der Waals surface area contributed by atoms with Gasteiger partial charge < -0.3 is 4.74 Å². The van der Waals surface area contributed by atoms with E-state index in [0.717, 1.165) is 27.6 Å². The molecule has 0 saturated carbocycles. The lowest BCUT2D eigenvalue weighted by Gasteiger charge is -2.01. The van der Waals surface area contributed by atoms with Crippen LogP contribution in [0.2, 0.25) is 0 Å². The minimum atomic E-state index is 0.485. The van der Waals surface area contributed by atoms with Crippen molar-refractivity contribution in [3.05, 3.63) is 65.2 Å². The van der Waals surface area contributed by atoms with Gasteiger partial charge in [0, 0.05) is 16.5 Å². The first-order valence-electron chi connectivity index (χ1n) is 8.15. The van der Waals surface area contributed by atoms with Crippen LogP contribution in [0, 0.1) is 6.92 Å². The van der Waals surface area contributed by atoms with E-state index in [2.05, 4.69) is 27.3 Å². The van der Waals surface area contributed by atoms with Crippen molar-refractivity contribution in [3.63, 3.8) is 0 Å². The Labute approximate surface area is 155 Å². The van der Waals surface area contributed by atoms with Crippen LogP contribution in [-0.2, 0) is 6.54 Å². The molecule has 0 radical (unpaired) electrons. The molecule has 0 aliphatic carbocycles. The van der Waals surface area contributed by atoms with Gasteiger partial charge in [0.05, 0.1) is 12.8 Å². The largest absolute Gasteiger partial charge is 0.497 e. The lowest BCUT2D eigenvalue weighted by molar-refractivity contribution is 0.415. The van der Waals surface area contributed by atoms with Gasteiger partial charge in [-0.3, -0.25) is 0 Å². The summed E-state index contributed by atoms with van der Waals surface area (Å²) in [5.41, 5.74) is 4.10. The van der Waals surface area contributed by atoms with Crippen molar-refractivity contribution >= 4 is 11.3 Å². The molecule has 6 nitrogen and oxygen atoms in total. The molecule has 0 spiro atoms. The van der Waals surface area contributed by atoms with E-state index in [0.29, 0.717) is 12.4 Å². The van der Waals surface area contributed by atoms with Crippen LogP contribution in [0.1, 0.15) is 11.3 Å². The van der Waals surface area contributed by atoms with Crippen LogP contribution < -0.4 is 4.74 Å². The molecule has 0 unspecified atom stereocenters. The SMILES string of the molecule is COc1cccc(-c2nc(Cn3nnc(-c4ccc(C)cc4)n3)cs2)c1. The highest BCUT2D eigenvalue weighted by molar-refractivity contribution is 7.13. The molecule has 26 heavy (non-hydrogen) atoms. The van der Waals surface area contributed by atoms with Crippen molar-refractivity contribution in [3.8, 4) is 27.7 Å². The summed E-state index contributed by atoms with van der Waals surface area (Å²) >= 11 is 1.59. The summed E-state index contributed by atoms with van der Waals surface area (Å²) < 4.78 is 5.28. The van der Waals surface area contributed by atoms with Gasteiger partial charge in [-0.05, 0) is 24.3 Å². The Balaban J connectivity index is 1.52. The van der Waals surface area contributed by atoms with E-state index in [1.54, 1.807) is 23.2 Å². The number of ether oxygens (including phenoxy) is 1. The fraction of sp³-hybridized carbons (Fsp3) is 0.158. The minimum Gasteiger partial charge on any atom is -0.497 e. The van der Waals surface area contributed by atoms with Gasteiger partial charge in [-0.15, -0.1) is 21.5 Å². The predicted octanol–water partition coefficient (Wildman–Crippen LogP) is 3.83. The van der Waals surface area contributed by atoms with Crippen LogP contribution in [-0.4, -0.2) is 32.3 Å². The molecule has 7 heteroatoms. The molecule has 130 valence electrons. The van der Waals surface area contributed by atoms with Gasteiger partial charge in [-0.2, -0.15) is 4.80 Å². The second-order valence-corrected chi connectivity index (χ2v) is 6.74. The molecule has 0 fully saturated rings. The van der Waals surface area contributed by atoms with Crippen LogP contribution in [0.3, 0.4) is 0 Å². The Hall–Kier alpha value is -3.06. The maximum atomic E-state index is 5.28. The average Bonchev–Trinajstić information content (AvgIpc) is 3.33. The second-order valence-electron chi connectivity index (χ2n) is 5.89. The van der Waals surface area contributed by atoms with Gasteiger partial charge in [0.1, 0.15) is 17.3 Å². The number of hydrogen-bond donors (Lipinski definition) is 0. The summed E-state index contributed by atoms with van der Waals surface area (Å²) in [5.74, 6) is 1.44. The molecule has 0 atom stereocenters. The highest BCUT2D eigenvalue weighted by Crippen LogP contribution is 2.27. The Morgan fingerprint density at radius 2 is 1.92 bits per heavy atom. The van der Waals surface area contributed by atoms with Gasteiger partial charge in [0.15, 0.2) is 0 Å². The molecule has 0 N–H and O–H groups in total. The fourth-order valence-electron chi connectivity index (χ4n) is 2.54. The van der Waals surface area contributed by atoms with Gasteiger partial charge in [0.2, 0.25) is 5.82 Å². The van der Waals surface area contributed by atoms with Crippen molar-refractivity contribution in [2.75, 3.05) is 7.11 Å². The van der Waals surface area contributed by atoms with Crippen molar-refractivity contribution in [2.45, 2.75) is 13.5 Å². The Kier molecular flexibility index (Phi) is 4.45. The van der Waals surface area contributed by atoms with E-state index in [1.807, 2.05) is 53.9 Å². The zero-order chi connectivity index (χ0) is 17.9. The first kappa shape index (κ1) is 16.4. The molecule has 0 aliphatic rings. The smallest absolute Gasteiger partial charge is 0.204 e. The molecule has 0 aliphatic heterocycles. The highest BCUT2D eigenvalue weighted by atomic mass is 32.1. The normalized spacial score (nSPS) is 10.8. The molecule has 0 amide bonds. The van der Waals surface area contributed by atoms with Gasteiger partial charge in [0.25, 0.3) is 0 Å². The van der Waals surface area contributed by atoms with E-state index < -0.39 is 0 Å². The standard InChI is InChI=1S/C19H17N5OS/c1-13-6-8-14(9-7-13)18-21-23-24(22-18)11-16-12-26-19(20-16)15-4-3-5-17(10-15)25-2/h3-10,12H,11H2,1-2H3. The van der Waals surface area contributed by atoms with Gasteiger partial charge in [-0.25, -0.2) is 4.98 Å². The van der Waals surface area contributed by atoms with E-state index in [9.17, 15) is 0 Å². The number of nitrogens with zero attached hydrogens (tertiary/aromatic N) is 5. The Morgan fingerprint density at radius 3 is 2.73 bits per heavy atom. The molecule has 2 heterocycles. The van der Waals surface area contributed by atoms with Gasteiger partial charge >= 0.3 is 0 Å². The summed E-state index contributed by atoms with van der Waals surface area (Å²) in [7, 11) is 1.66. The first-order chi connectivity index (χ1) is 12.7. The van der Waals surface area contributed by atoms with Gasteiger partial charge in [-0.1, -0.05) is 42.0 Å². The molecule has 2 aromatic heterocycles. The molecular formula is C19H17N5OS. The summed E-state index contributed by atoms with van der Waals surface area (Å²) in [5, 5.41) is 15.7. The maximum absolute atomic E-state index is 5.28. The fourth-order valence-corrected chi connectivity index (χ4v) is 3.35. The summed E-state index contributed by atoms with van der Waals surface area (Å²) in [4.78, 5) is 6.25. The number of benzene rings is 2. The number of methoxy groups -OCH3 is 1. The molecular weight excluding hydrogens is 346 g/mol. The van der Waals surface area contributed by atoms with E-state index in [4.69, 9.17) is 4.74 Å². The lowest BCUT2D eigenvalue weighted by Crippen LogP contribution is -2.04. The first-order valence-corrected chi connectivity index (χ1v) is 9.03. The van der Waals surface area contributed by atoms with Crippen molar-refractivity contribution in [1.29, 1.82) is 0 Å². The van der Waals surface area contributed by atoms with Crippen LogP contribution in [0.15, 0.2) is 53.9 Å². The minimum absolute atomic E-state index is 0.485. The third-order valence-corrected chi connectivity index (χ3v) is 4.87. The molecule has 4 aromatic rings. The van der Waals surface area contributed by atoms with E-state index >= 15 is 0 Å². The number of aryl methyl sites for hydroxylation is 1. The van der Waals surface area contributed by atoms with E-state index in [-0.39, 0.29) is 0 Å². The zero-order valence-corrected chi connectivity index (χ0v) is 15.3. The van der Waals surface area contributed by atoms with Crippen molar-refractivity contribution in [2.24, 2.45) is 0 Å². The molecule has 0 saturated heterocycles. The topological polar surface area (TPSA) is 65.7 Å². The number of tetrazole rings is 1. The van der Waals surface area contributed by atoms with Crippen LogP contribution in [0.25, 0.3) is 22.0 Å². The average molecular weight is 363 g/mol. The third-order valence-electron chi connectivity index (χ3n) is 3.93. The number of rotatable bonds is 5. The summed E-state index contributed by atoms with van der Waals surface area (Å²) in [6.07, 6.45) is 0. The number of hydrogen-bond acceptors (Lipinski definition) is 6. The van der Waals surface area contributed by atoms with Crippen molar-refractivity contribution in [1.82, 2.24) is 25.2 Å². The van der Waals surface area contributed by atoms with Crippen LogP contribution in [0.4, 0.5) is 0 Å². The molecule has 4 rings (SSSR count). The molecule has 2 aromatic carbocycles. The third kappa shape index (κ3) is 3.48. The number of thiazole rings is 1. The summed E-state index contributed by atoms with van der Waals surface area (Å²) in [6, 6.07) is 16.0.